The van der Waals surface area contributed by atoms with Gasteiger partial charge in [-0.15, -0.1) is 5.10 Å². The number of rotatable bonds is 8. The lowest BCUT2D eigenvalue weighted by molar-refractivity contribution is 0.160. The maximum atomic E-state index is 6.03. The predicted octanol–water partition coefficient (Wildman–Crippen LogP) is 4.15. The summed E-state index contributed by atoms with van der Waals surface area (Å²) >= 11 is 0. The SMILES string of the molecule is CCON=Cc1ccc(OCCC2CCN(c3ccc(C)nn3)CC2)c(C)c1. The van der Waals surface area contributed by atoms with Gasteiger partial charge >= 0.3 is 0 Å². The Hall–Kier alpha value is -2.63. The van der Waals surface area contributed by atoms with Gasteiger partial charge in [0.25, 0.3) is 0 Å². The summed E-state index contributed by atoms with van der Waals surface area (Å²) in [5.41, 5.74) is 3.10. The third kappa shape index (κ3) is 5.68. The third-order valence-electron chi connectivity index (χ3n) is 5.11. The van der Waals surface area contributed by atoms with Crippen LogP contribution in [0.25, 0.3) is 0 Å². The van der Waals surface area contributed by atoms with Crippen LogP contribution in [0, 0.1) is 19.8 Å². The lowest BCUT2D eigenvalue weighted by Gasteiger charge is -2.32. The zero-order valence-electron chi connectivity index (χ0n) is 17.1. The molecule has 6 nitrogen and oxygen atoms in total. The van der Waals surface area contributed by atoms with Crippen molar-refractivity contribution in [3.63, 3.8) is 0 Å². The molecule has 1 aliphatic heterocycles. The summed E-state index contributed by atoms with van der Waals surface area (Å²) in [6.45, 7) is 9.35. The standard InChI is InChI=1S/C22H30N4O2/c1-4-28-23-16-20-6-7-21(17(2)15-20)27-14-11-19-9-12-26(13-10-19)22-8-5-18(3)24-25-22/h5-8,15-16,19H,4,9-14H2,1-3H3. The van der Waals surface area contributed by atoms with Crippen molar-refractivity contribution in [3.05, 3.63) is 47.2 Å². The summed E-state index contributed by atoms with van der Waals surface area (Å²) in [5.74, 6) is 2.64. The molecular formula is C22H30N4O2. The second-order valence-electron chi connectivity index (χ2n) is 7.28. The van der Waals surface area contributed by atoms with Gasteiger partial charge in [-0.05, 0) is 87.4 Å². The molecule has 0 aliphatic carbocycles. The molecule has 1 saturated heterocycles. The molecule has 150 valence electrons. The summed E-state index contributed by atoms with van der Waals surface area (Å²) in [6, 6.07) is 10.2. The van der Waals surface area contributed by atoms with Gasteiger partial charge in [-0.2, -0.15) is 5.10 Å². The second-order valence-corrected chi connectivity index (χ2v) is 7.28. The van der Waals surface area contributed by atoms with Gasteiger partial charge in [0.2, 0.25) is 0 Å². The van der Waals surface area contributed by atoms with Crippen molar-refractivity contribution in [1.82, 2.24) is 10.2 Å². The maximum absolute atomic E-state index is 6.03. The van der Waals surface area contributed by atoms with E-state index >= 15 is 0 Å². The van der Waals surface area contributed by atoms with Crippen LogP contribution in [0.5, 0.6) is 5.75 Å². The molecule has 1 aromatic heterocycles. The molecule has 28 heavy (non-hydrogen) atoms. The molecule has 2 heterocycles. The van der Waals surface area contributed by atoms with Gasteiger partial charge in [0, 0.05) is 13.1 Å². The summed E-state index contributed by atoms with van der Waals surface area (Å²) in [4.78, 5) is 7.34. The molecule has 0 N–H and O–H groups in total. The monoisotopic (exact) mass is 382 g/mol. The van der Waals surface area contributed by atoms with Crippen LogP contribution in [0.15, 0.2) is 35.5 Å². The molecule has 0 saturated carbocycles. The van der Waals surface area contributed by atoms with Crippen LogP contribution in [-0.4, -0.2) is 42.7 Å². The Morgan fingerprint density at radius 3 is 2.64 bits per heavy atom. The van der Waals surface area contributed by atoms with Gasteiger partial charge in [-0.25, -0.2) is 0 Å². The van der Waals surface area contributed by atoms with Crippen molar-refractivity contribution in [2.75, 3.05) is 31.2 Å². The molecule has 3 rings (SSSR count). The molecule has 0 bridgehead atoms. The van der Waals surface area contributed by atoms with E-state index in [1.807, 2.05) is 32.0 Å². The number of nitrogens with zero attached hydrogens (tertiary/aromatic N) is 4. The minimum absolute atomic E-state index is 0.577. The zero-order valence-corrected chi connectivity index (χ0v) is 17.1. The Balaban J connectivity index is 1.41. The highest BCUT2D eigenvalue weighted by Crippen LogP contribution is 2.25. The van der Waals surface area contributed by atoms with Crippen LogP contribution >= 0.6 is 0 Å². The van der Waals surface area contributed by atoms with Crippen molar-refractivity contribution in [2.45, 2.75) is 40.0 Å². The van der Waals surface area contributed by atoms with Gasteiger partial charge in [0.15, 0.2) is 5.82 Å². The van der Waals surface area contributed by atoms with Crippen LogP contribution in [0.1, 0.15) is 43.0 Å². The van der Waals surface area contributed by atoms with Crippen LogP contribution in [0.2, 0.25) is 0 Å². The average Bonchev–Trinajstić information content (AvgIpc) is 2.71. The molecule has 0 atom stereocenters. The van der Waals surface area contributed by atoms with Gasteiger partial charge in [0.05, 0.1) is 18.5 Å². The maximum Gasteiger partial charge on any atom is 0.151 e. The van der Waals surface area contributed by atoms with Gasteiger partial charge in [-0.3, -0.25) is 0 Å². The van der Waals surface area contributed by atoms with Crippen LogP contribution in [0.3, 0.4) is 0 Å². The molecular weight excluding hydrogens is 352 g/mol. The predicted molar refractivity (Wildman–Crippen MR) is 112 cm³/mol. The highest BCUT2D eigenvalue weighted by atomic mass is 16.6. The molecule has 0 amide bonds. The van der Waals surface area contributed by atoms with Crippen molar-refractivity contribution in [2.24, 2.45) is 11.1 Å². The van der Waals surface area contributed by atoms with Crippen LogP contribution < -0.4 is 9.64 Å². The lowest BCUT2D eigenvalue weighted by Crippen LogP contribution is -2.34. The lowest BCUT2D eigenvalue weighted by atomic mass is 9.94. The van der Waals surface area contributed by atoms with E-state index in [2.05, 4.69) is 39.3 Å². The van der Waals surface area contributed by atoms with E-state index < -0.39 is 0 Å². The number of aromatic nitrogens is 2. The third-order valence-corrected chi connectivity index (χ3v) is 5.11. The van der Waals surface area contributed by atoms with Crippen molar-refractivity contribution < 1.29 is 9.57 Å². The molecule has 0 spiro atoms. The Morgan fingerprint density at radius 2 is 1.96 bits per heavy atom. The Bertz CT molecular complexity index is 769. The van der Waals surface area contributed by atoms with E-state index in [1.165, 1.54) is 12.8 Å². The van der Waals surface area contributed by atoms with Crippen LogP contribution in [0.4, 0.5) is 5.82 Å². The number of ether oxygens (including phenoxy) is 1. The fourth-order valence-electron chi connectivity index (χ4n) is 3.43. The fraction of sp³-hybridized carbons (Fsp3) is 0.500. The first-order valence-electron chi connectivity index (χ1n) is 10.1. The van der Waals surface area contributed by atoms with Gasteiger partial charge in [0.1, 0.15) is 12.4 Å². The van der Waals surface area contributed by atoms with Crippen molar-refractivity contribution in [1.29, 1.82) is 0 Å². The minimum Gasteiger partial charge on any atom is -0.493 e. The van der Waals surface area contributed by atoms with E-state index in [1.54, 1.807) is 6.21 Å². The molecule has 6 heteroatoms. The van der Waals surface area contributed by atoms with E-state index in [0.29, 0.717) is 12.5 Å². The normalized spacial score (nSPS) is 15.2. The van der Waals surface area contributed by atoms with E-state index in [-0.39, 0.29) is 0 Å². The van der Waals surface area contributed by atoms with E-state index in [9.17, 15) is 0 Å². The molecule has 1 aliphatic rings. The largest absolute Gasteiger partial charge is 0.493 e. The number of benzene rings is 1. The van der Waals surface area contributed by atoms with Gasteiger partial charge in [-0.1, -0.05) is 5.16 Å². The molecule has 0 unspecified atom stereocenters. The minimum atomic E-state index is 0.577. The quantitative estimate of drug-likeness (QED) is 0.507. The van der Waals surface area contributed by atoms with Crippen molar-refractivity contribution >= 4 is 12.0 Å². The first-order valence-corrected chi connectivity index (χ1v) is 10.1. The molecule has 2 aromatic rings. The topological polar surface area (TPSA) is 59.8 Å². The Kier molecular flexibility index (Phi) is 7.23. The number of anilines is 1. The van der Waals surface area contributed by atoms with Crippen molar-refractivity contribution in [3.8, 4) is 5.75 Å². The second kappa shape index (κ2) is 10.1. The number of oxime groups is 1. The number of aryl methyl sites for hydroxylation is 2. The fourth-order valence-corrected chi connectivity index (χ4v) is 3.43. The summed E-state index contributed by atoms with van der Waals surface area (Å²) in [7, 11) is 0. The number of hydrogen-bond donors (Lipinski definition) is 0. The summed E-state index contributed by atoms with van der Waals surface area (Å²) in [6.07, 6.45) is 5.16. The Labute approximate surface area is 167 Å². The highest BCUT2D eigenvalue weighted by Gasteiger charge is 2.20. The number of piperidine rings is 1. The van der Waals surface area contributed by atoms with Crippen LogP contribution in [-0.2, 0) is 4.84 Å². The smallest absolute Gasteiger partial charge is 0.151 e. The molecule has 0 radical (unpaired) electrons. The van der Waals surface area contributed by atoms with Gasteiger partial charge < -0.3 is 14.5 Å². The highest BCUT2D eigenvalue weighted by molar-refractivity contribution is 5.79. The average molecular weight is 383 g/mol. The van der Waals surface area contributed by atoms with E-state index in [4.69, 9.17) is 9.57 Å². The first kappa shape index (κ1) is 20.1. The molecule has 1 aromatic carbocycles. The van der Waals surface area contributed by atoms with E-state index in [0.717, 1.165) is 54.5 Å². The zero-order chi connectivity index (χ0) is 19.8. The molecule has 1 fully saturated rings. The number of hydrogen-bond acceptors (Lipinski definition) is 6. The summed E-state index contributed by atoms with van der Waals surface area (Å²) < 4.78 is 6.03. The summed E-state index contributed by atoms with van der Waals surface area (Å²) in [5, 5.41) is 12.4. The first-order chi connectivity index (χ1) is 13.7. The Morgan fingerprint density at radius 1 is 1.14 bits per heavy atom.